The van der Waals surface area contributed by atoms with Crippen LogP contribution in [-0.4, -0.2) is 44.1 Å². The highest BCUT2D eigenvalue weighted by Crippen LogP contribution is 2.35. The fourth-order valence-corrected chi connectivity index (χ4v) is 3.83. The molecule has 0 spiro atoms. The maximum absolute atomic E-state index is 12.9. The molecule has 0 saturated carbocycles. The molecule has 0 aromatic heterocycles. The van der Waals surface area contributed by atoms with Crippen LogP contribution in [0.15, 0.2) is 18.2 Å². The van der Waals surface area contributed by atoms with E-state index in [1.54, 1.807) is 0 Å². The summed E-state index contributed by atoms with van der Waals surface area (Å²) in [5.74, 6) is -0.645. The van der Waals surface area contributed by atoms with Gasteiger partial charge in [0.2, 0.25) is 15.9 Å². The molecule has 0 bridgehead atoms. The van der Waals surface area contributed by atoms with Gasteiger partial charge in [-0.05, 0) is 31.0 Å². The summed E-state index contributed by atoms with van der Waals surface area (Å²) in [6, 6.07) is 2.79. The van der Waals surface area contributed by atoms with Crippen LogP contribution in [0.5, 0.6) is 5.75 Å². The van der Waals surface area contributed by atoms with Crippen molar-refractivity contribution in [2.24, 2.45) is 0 Å². The molecular formula is C15H19F3N2O4S. The van der Waals surface area contributed by atoms with Gasteiger partial charge >= 0.3 is 6.18 Å². The Labute approximate surface area is 144 Å². The van der Waals surface area contributed by atoms with E-state index in [1.165, 1.54) is 0 Å². The first-order chi connectivity index (χ1) is 11.6. The molecule has 25 heavy (non-hydrogen) atoms. The van der Waals surface area contributed by atoms with E-state index in [4.69, 9.17) is 4.74 Å². The molecule has 2 rings (SSSR count). The highest BCUT2D eigenvalue weighted by Gasteiger charge is 2.32. The second-order valence-electron chi connectivity index (χ2n) is 5.61. The number of nitrogens with zero attached hydrogens (tertiary/aromatic N) is 1. The average Bonchev–Trinajstić information content (AvgIpc) is 2.83. The Morgan fingerprint density at radius 3 is 2.64 bits per heavy atom. The topological polar surface area (TPSA) is 75.7 Å². The SMILES string of the molecule is CCCOc1ccc(C(F)(F)F)cc1NC(=O)CN1CCCS1(=O)=O. The van der Waals surface area contributed by atoms with Gasteiger partial charge in [0.15, 0.2) is 0 Å². The number of carbonyl (C=O) groups is 1. The standard InChI is InChI=1S/C15H19F3N2O4S/c1-2-7-24-13-5-4-11(15(16,17)18)9-12(13)19-14(21)10-20-6-3-8-25(20,22)23/h4-5,9H,2-3,6-8,10H2,1H3,(H,19,21). The highest BCUT2D eigenvalue weighted by molar-refractivity contribution is 7.89. The van der Waals surface area contributed by atoms with Gasteiger partial charge in [0.1, 0.15) is 5.75 Å². The summed E-state index contributed by atoms with van der Waals surface area (Å²) in [4.78, 5) is 12.1. The number of hydrogen-bond acceptors (Lipinski definition) is 4. The summed E-state index contributed by atoms with van der Waals surface area (Å²) in [5, 5.41) is 2.33. The number of nitrogens with one attached hydrogen (secondary N) is 1. The van der Waals surface area contributed by atoms with E-state index in [-0.39, 0.29) is 30.3 Å². The fraction of sp³-hybridized carbons (Fsp3) is 0.533. The van der Waals surface area contributed by atoms with Crippen LogP contribution in [0, 0.1) is 0 Å². The molecule has 1 amide bonds. The molecule has 1 aliphatic heterocycles. The predicted molar refractivity (Wildman–Crippen MR) is 85.8 cm³/mol. The van der Waals surface area contributed by atoms with Crippen LogP contribution >= 0.6 is 0 Å². The third-order valence-corrected chi connectivity index (χ3v) is 5.47. The second kappa shape index (κ2) is 7.61. The maximum Gasteiger partial charge on any atom is 0.416 e. The van der Waals surface area contributed by atoms with Crippen LogP contribution in [-0.2, 0) is 21.0 Å². The molecule has 1 aliphatic rings. The molecule has 0 radical (unpaired) electrons. The maximum atomic E-state index is 12.9. The Kier molecular flexibility index (Phi) is 5.94. The minimum atomic E-state index is -4.57. The van der Waals surface area contributed by atoms with Crippen LogP contribution in [0.1, 0.15) is 25.3 Å². The zero-order valence-corrected chi connectivity index (χ0v) is 14.4. The van der Waals surface area contributed by atoms with Crippen molar-refractivity contribution in [1.82, 2.24) is 4.31 Å². The number of ether oxygens (including phenoxy) is 1. The molecule has 1 aromatic carbocycles. The number of sulfonamides is 1. The van der Waals surface area contributed by atoms with Crippen molar-refractivity contribution in [3.05, 3.63) is 23.8 Å². The molecule has 140 valence electrons. The van der Waals surface area contributed by atoms with Crippen LogP contribution in [0.3, 0.4) is 0 Å². The number of hydrogen-bond donors (Lipinski definition) is 1. The van der Waals surface area contributed by atoms with E-state index < -0.39 is 34.2 Å². The van der Waals surface area contributed by atoms with E-state index >= 15 is 0 Å². The van der Waals surface area contributed by atoms with E-state index in [9.17, 15) is 26.4 Å². The van der Waals surface area contributed by atoms with Crippen molar-refractivity contribution in [3.8, 4) is 5.75 Å². The Morgan fingerprint density at radius 2 is 2.08 bits per heavy atom. The summed E-state index contributed by atoms with van der Waals surface area (Å²) in [6.07, 6.45) is -3.51. The van der Waals surface area contributed by atoms with E-state index in [0.717, 1.165) is 22.5 Å². The number of alkyl halides is 3. The van der Waals surface area contributed by atoms with Gasteiger partial charge in [0.05, 0.1) is 30.2 Å². The minimum absolute atomic E-state index is 0.0330. The molecule has 10 heteroatoms. The predicted octanol–water partition coefficient (Wildman–Crippen LogP) is 2.47. The third-order valence-electron chi connectivity index (χ3n) is 3.57. The average molecular weight is 380 g/mol. The first-order valence-electron chi connectivity index (χ1n) is 7.75. The largest absolute Gasteiger partial charge is 0.491 e. The number of anilines is 1. The fourth-order valence-electron chi connectivity index (χ4n) is 2.36. The summed E-state index contributed by atoms with van der Waals surface area (Å²) < 4.78 is 68.4. The van der Waals surface area contributed by atoms with Gasteiger partial charge in [-0.1, -0.05) is 6.92 Å². The Balaban J connectivity index is 2.18. The molecule has 1 saturated heterocycles. The summed E-state index contributed by atoms with van der Waals surface area (Å²) in [5.41, 5.74) is -1.06. The molecule has 0 aliphatic carbocycles. The van der Waals surface area contributed by atoms with Gasteiger partial charge in [-0.25, -0.2) is 8.42 Å². The van der Waals surface area contributed by atoms with Crippen molar-refractivity contribution in [2.75, 3.05) is 30.8 Å². The molecular weight excluding hydrogens is 361 g/mol. The zero-order chi connectivity index (χ0) is 18.7. The summed E-state index contributed by atoms with van der Waals surface area (Å²) in [7, 11) is -3.47. The van der Waals surface area contributed by atoms with Crippen molar-refractivity contribution in [3.63, 3.8) is 0 Å². The molecule has 6 nitrogen and oxygen atoms in total. The first kappa shape index (κ1) is 19.5. The lowest BCUT2D eigenvalue weighted by Gasteiger charge is -2.17. The monoisotopic (exact) mass is 380 g/mol. The smallest absolute Gasteiger partial charge is 0.416 e. The second-order valence-corrected chi connectivity index (χ2v) is 7.70. The number of rotatable bonds is 6. The van der Waals surface area contributed by atoms with Crippen molar-refractivity contribution in [1.29, 1.82) is 0 Å². The van der Waals surface area contributed by atoms with Crippen LogP contribution in [0.4, 0.5) is 18.9 Å². The molecule has 0 atom stereocenters. The van der Waals surface area contributed by atoms with Gasteiger partial charge in [0, 0.05) is 6.54 Å². The number of halogens is 3. The third kappa shape index (κ3) is 5.08. The zero-order valence-electron chi connectivity index (χ0n) is 13.6. The van der Waals surface area contributed by atoms with Crippen molar-refractivity contribution < 1.29 is 31.1 Å². The lowest BCUT2D eigenvalue weighted by atomic mass is 10.1. The Bertz CT molecular complexity index is 735. The van der Waals surface area contributed by atoms with Crippen molar-refractivity contribution in [2.45, 2.75) is 25.9 Å². The van der Waals surface area contributed by atoms with E-state index in [2.05, 4.69) is 5.32 Å². The lowest BCUT2D eigenvalue weighted by molar-refractivity contribution is -0.137. The summed E-state index contributed by atoms with van der Waals surface area (Å²) >= 11 is 0. The molecule has 0 unspecified atom stereocenters. The van der Waals surface area contributed by atoms with Gasteiger partial charge in [0.25, 0.3) is 0 Å². The van der Waals surface area contributed by atoms with Gasteiger partial charge in [-0.15, -0.1) is 0 Å². The van der Waals surface area contributed by atoms with Gasteiger partial charge in [-0.3, -0.25) is 4.79 Å². The quantitative estimate of drug-likeness (QED) is 0.823. The minimum Gasteiger partial charge on any atom is -0.491 e. The Hall–Kier alpha value is -1.81. The lowest BCUT2D eigenvalue weighted by Crippen LogP contribution is -2.34. The molecule has 1 aromatic rings. The number of carbonyl (C=O) groups excluding carboxylic acids is 1. The van der Waals surface area contributed by atoms with Crippen LogP contribution < -0.4 is 10.1 Å². The van der Waals surface area contributed by atoms with Crippen LogP contribution in [0.25, 0.3) is 0 Å². The first-order valence-corrected chi connectivity index (χ1v) is 9.36. The van der Waals surface area contributed by atoms with Crippen molar-refractivity contribution >= 4 is 21.6 Å². The summed E-state index contributed by atoms with van der Waals surface area (Å²) in [6.45, 7) is 1.89. The molecule has 1 fully saturated rings. The normalized spacial score (nSPS) is 17.4. The van der Waals surface area contributed by atoms with Gasteiger partial charge in [-0.2, -0.15) is 17.5 Å². The van der Waals surface area contributed by atoms with E-state index in [1.807, 2.05) is 6.92 Å². The van der Waals surface area contributed by atoms with E-state index in [0.29, 0.717) is 12.8 Å². The van der Waals surface area contributed by atoms with Crippen LogP contribution in [0.2, 0.25) is 0 Å². The Morgan fingerprint density at radius 1 is 1.36 bits per heavy atom. The van der Waals surface area contributed by atoms with Gasteiger partial charge < -0.3 is 10.1 Å². The molecule has 1 heterocycles. The highest BCUT2D eigenvalue weighted by atomic mass is 32.2. The molecule has 1 N–H and O–H groups in total. The number of amides is 1. The number of benzene rings is 1.